The molecule has 0 fully saturated rings. The number of anilines is 1. The van der Waals surface area contributed by atoms with Crippen molar-refractivity contribution in [3.05, 3.63) is 23.8 Å². The van der Waals surface area contributed by atoms with Gasteiger partial charge in [0.2, 0.25) is 0 Å². The van der Waals surface area contributed by atoms with Crippen molar-refractivity contribution in [2.75, 3.05) is 26.5 Å². The SMILES string of the molecule is COc1ccc(C(=O)O)cc1NC(=O)NN(C)C. The van der Waals surface area contributed by atoms with E-state index in [1.54, 1.807) is 14.1 Å². The molecule has 0 spiro atoms. The summed E-state index contributed by atoms with van der Waals surface area (Å²) < 4.78 is 5.04. The maximum Gasteiger partial charge on any atom is 0.335 e. The first-order chi connectivity index (χ1) is 8.43. The maximum absolute atomic E-state index is 11.5. The Labute approximate surface area is 104 Å². The summed E-state index contributed by atoms with van der Waals surface area (Å²) in [5, 5.41) is 12.8. The molecule has 18 heavy (non-hydrogen) atoms. The van der Waals surface area contributed by atoms with Crippen molar-refractivity contribution in [1.82, 2.24) is 10.4 Å². The van der Waals surface area contributed by atoms with Crippen LogP contribution in [0.15, 0.2) is 18.2 Å². The highest BCUT2D eigenvalue weighted by atomic mass is 16.5. The van der Waals surface area contributed by atoms with Crippen LogP contribution in [0.4, 0.5) is 10.5 Å². The zero-order valence-corrected chi connectivity index (χ0v) is 10.4. The van der Waals surface area contributed by atoms with Crippen LogP contribution in [0.25, 0.3) is 0 Å². The van der Waals surface area contributed by atoms with Crippen LogP contribution in [0, 0.1) is 0 Å². The van der Waals surface area contributed by atoms with E-state index in [1.165, 1.54) is 30.3 Å². The third-order valence-electron chi connectivity index (χ3n) is 2.02. The van der Waals surface area contributed by atoms with Crippen LogP contribution < -0.4 is 15.5 Å². The van der Waals surface area contributed by atoms with Gasteiger partial charge in [-0.3, -0.25) is 5.43 Å². The van der Waals surface area contributed by atoms with Crippen molar-refractivity contribution in [1.29, 1.82) is 0 Å². The summed E-state index contributed by atoms with van der Waals surface area (Å²) in [6.07, 6.45) is 0. The van der Waals surface area contributed by atoms with E-state index in [1.807, 2.05) is 0 Å². The molecular formula is C11H15N3O4. The van der Waals surface area contributed by atoms with Crippen LogP contribution in [-0.4, -0.2) is 43.3 Å². The van der Waals surface area contributed by atoms with Gasteiger partial charge in [0.15, 0.2) is 0 Å². The lowest BCUT2D eigenvalue weighted by atomic mass is 10.2. The number of methoxy groups -OCH3 is 1. The maximum atomic E-state index is 11.5. The molecule has 2 amide bonds. The fraction of sp³-hybridized carbons (Fsp3) is 0.273. The molecule has 0 saturated heterocycles. The Morgan fingerprint density at radius 2 is 2.00 bits per heavy atom. The van der Waals surface area contributed by atoms with Crippen molar-refractivity contribution >= 4 is 17.7 Å². The van der Waals surface area contributed by atoms with Gasteiger partial charge in [0, 0.05) is 14.1 Å². The zero-order chi connectivity index (χ0) is 13.7. The summed E-state index contributed by atoms with van der Waals surface area (Å²) in [4.78, 5) is 22.3. The molecular weight excluding hydrogens is 238 g/mol. The molecule has 0 radical (unpaired) electrons. The number of carboxylic acids is 1. The Balaban J connectivity index is 2.94. The Morgan fingerprint density at radius 1 is 1.33 bits per heavy atom. The molecule has 3 N–H and O–H groups in total. The number of hydrogen-bond acceptors (Lipinski definition) is 4. The first kappa shape index (κ1) is 13.8. The Kier molecular flexibility index (Phi) is 4.50. The van der Waals surface area contributed by atoms with E-state index < -0.39 is 12.0 Å². The van der Waals surface area contributed by atoms with Crippen LogP contribution >= 0.6 is 0 Å². The predicted octanol–water partition coefficient (Wildman–Crippen LogP) is 0.991. The fourth-order valence-corrected chi connectivity index (χ4v) is 1.29. The second kappa shape index (κ2) is 5.87. The molecule has 1 rings (SSSR count). The van der Waals surface area contributed by atoms with Gasteiger partial charge < -0.3 is 15.2 Å². The van der Waals surface area contributed by atoms with Crippen molar-refractivity contribution in [2.24, 2.45) is 0 Å². The number of urea groups is 1. The van der Waals surface area contributed by atoms with Crippen LogP contribution in [0.3, 0.4) is 0 Å². The quantitative estimate of drug-likeness (QED) is 0.696. The van der Waals surface area contributed by atoms with Gasteiger partial charge in [-0.25, -0.2) is 14.6 Å². The highest BCUT2D eigenvalue weighted by Gasteiger charge is 2.11. The fourth-order valence-electron chi connectivity index (χ4n) is 1.29. The Bertz CT molecular complexity index is 460. The number of carbonyl (C=O) groups excluding carboxylic acids is 1. The van der Waals surface area contributed by atoms with Crippen LogP contribution in [0.5, 0.6) is 5.75 Å². The molecule has 1 aromatic rings. The smallest absolute Gasteiger partial charge is 0.335 e. The number of aromatic carboxylic acids is 1. The van der Waals surface area contributed by atoms with E-state index in [0.717, 1.165) is 0 Å². The van der Waals surface area contributed by atoms with E-state index in [9.17, 15) is 9.59 Å². The summed E-state index contributed by atoms with van der Waals surface area (Å²) in [5.41, 5.74) is 2.83. The molecule has 0 aromatic heterocycles. The van der Waals surface area contributed by atoms with E-state index >= 15 is 0 Å². The molecule has 0 saturated carbocycles. The summed E-state index contributed by atoms with van der Waals surface area (Å²) in [7, 11) is 4.75. The lowest BCUT2D eigenvalue weighted by Crippen LogP contribution is -2.39. The lowest BCUT2D eigenvalue weighted by Gasteiger charge is -2.15. The van der Waals surface area contributed by atoms with Crippen LogP contribution in [0.1, 0.15) is 10.4 Å². The largest absolute Gasteiger partial charge is 0.495 e. The molecule has 0 atom stereocenters. The summed E-state index contributed by atoms with van der Waals surface area (Å²) in [5.74, 6) is -0.692. The second-order valence-electron chi connectivity index (χ2n) is 3.68. The van der Waals surface area contributed by atoms with Gasteiger partial charge in [0.25, 0.3) is 0 Å². The van der Waals surface area contributed by atoms with Crippen molar-refractivity contribution in [3.8, 4) is 5.75 Å². The highest BCUT2D eigenvalue weighted by molar-refractivity contribution is 5.94. The molecule has 1 aromatic carbocycles. The van der Waals surface area contributed by atoms with E-state index in [2.05, 4.69) is 10.7 Å². The number of carboxylic acid groups (broad SMARTS) is 1. The topological polar surface area (TPSA) is 90.9 Å². The number of amides is 2. The highest BCUT2D eigenvalue weighted by Crippen LogP contribution is 2.25. The molecule has 0 heterocycles. The summed E-state index contributed by atoms with van der Waals surface area (Å²) in [6, 6.07) is 3.72. The van der Waals surface area contributed by atoms with Gasteiger partial charge in [-0.1, -0.05) is 0 Å². The van der Waals surface area contributed by atoms with Crippen molar-refractivity contribution < 1.29 is 19.4 Å². The monoisotopic (exact) mass is 253 g/mol. The Hall–Kier alpha value is -2.28. The number of rotatable bonds is 4. The van der Waals surface area contributed by atoms with Crippen molar-refractivity contribution in [2.45, 2.75) is 0 Å². The van der Waals surface area contributed by atoms with Gasteiger partial charge in [-0.05, 0) is 18.2 Å². The zero-order valence-electron chi connectivity index (χ0n) is 10.4. The van der Waals surface area contributed by atoms with Crippen LogP contribution in [-0.2, 0) is 0 Å². The number of nitrogens with one attached hydrogen (secondary N) is 2. The molecule has 0 aliphatic rings. The first-order valence-electron chi connectivity index (χ1n) is 5.10. The van der Waals surface area contributed by atoms with E-state index in [-0.39, 0.29) is 11.3 Å². The number of ether oxygens (including phenoxy) is 1. The normalized spacial score (nSPS) is 10.0. The van der Waals surface area contributed by atoms with Crippen LogP contribution in [0.2, 0.25) is 0 Å². The molecule has 98 valence electrons. The molecule has 7 nitrogen and oxygen atoms in total. The Morgan fingerprint density at radius 3 is 2.50 bits per heavy atom. The first-order valence-corrected chi connectivity index (χ1v) is 5.10. The molecule has 0 aliphatic heterocycles. The van der Waals surface area contributed by atoms with Gasteiger partial charge in [0.1, 0.15) is 5.75 Å². The average molecular weight is 253 g/mol. The second-order valence-corrected chi connectivity index (χ2v) is 3.68. The minimum absolute atomic E-state index is 0.0657. The molecule has 0 aliphatic carbocycles. The molecule has 7 heteroatoms. The van der Waals surface area contributed by atoms with Gasteiger partial charge in [-0.2, -0.15) is 0 Å². The predicted molar refractivity (Wildman–Crippen MR) is 65.8 cm³/mol. The lowest BCUT2D eigenvalue weighted by molar-refractivity contribution is 0.0697. The molecule has 0 bridgehead atoms. The number of nitrogens with zero attached hydrogens (tertiary/aromatic N) is 1. The van der Waals surface area contributed by atoms with E-state index in [4.69, 9.17) is 9.84 Å². The number of hydrazine groups is 1. The minimum atomic E-state index is -1.08. The van der Waals surface area contributed by atoms with Gasteiger partial charge in [0.05, 0.1) is 18.4 Å². The molecule has 0 unspecified atom stereocenters. The summed E-state index contributed by atoms with van der Waals surface area (Å²) in [6.45, 7) is 0. The third-order valence-corrected chi connectivity index (χ3v) is 2.02. The summed E-state index contributed by atoms with van der Waals surface area (Å²) >= 11 is 0. The van der Waals surface area contributed by atoms with E-state index in [0.29, 0.717) is 5.75 Å². The number of carbonyl (C=O) groups is 2. The average Bonchev–Trinajstić information content (AvgIpc) is 2.27. The number of benzene rings is 1. The van der Waals surface area contributed by atoms with Crippen molar-refractivity contribution in [3.63, 3.8) is 0 Å². The standard InChI is InChI=1S/C11H15N3O4/c1-14(2)13-11(17)12-8-6-7(10(15)16)4-5-9(8)18-3/h4-6H,1-3H3,(H,15,16)(H2,12,13,17). The minimum Gasteiger partial charge on any atom is -0.495 e. The third kappa shape index (κ3) is 3.63. The van der Waals surface area contributed by atoms with Gasteiger partial charge in [-0.15, -0.1) is 0 Å². The number of hydrogen-bond donors (Lipinski definition) is 3. The van der Waals surface area contributed by atoms with Gasteiger partial charge >= 0.3 is 12.0 Å².